The fourth-order valence-corrected chi connectivity index (χ4v) is 1.70. The van der Waals surface area contributed by atoms with Gasteiger partial charge in [-0.25, -0.2) is 4.79 Å². The lowest BCUT2D eigenvalue weighted by molar-refractivity contribution is -0.137. The average molecular weight is 243 g/mol. The molecule has 0 saturated carbocycles. The van der Waals surface area contributed by atoms with Gasteiger partial charge in [0.25, 0.3) is 0 Å². The summed E-state index contributed by atoms with van der Waals surface area (Å²) in [6, 6.07) is 0. The Morgan fingerprint density at radius 2 is 2.35 bits per heavy atom. The van der Waals surface area contributed by atoms with E-state index in [2.05, 4.69) is 11.9 Å². The highest BCUT2D eigenvalue weighted by molar-refractivity contribution is 5.69. The molecule has 0 bridgehead atoms. The van der Waals surface area contributed by atoms with E-state index < -0.39 is 17.6 Å². The van der Waals surface area contributed by atoms with E-state index >= 15 is 0 Å². The molecule has 0 aromatic rings. The summed E-state index contributed by atoms with van der Waals surface area (Å²) in [6.07, 6.45) is 1.83. The third kappa shape index (κ3) is 4.44. The molecule has 1 aliphatic heterocycles. The van der Waals surface area contributed by atoms with Gasteiger partial charge < -0.3 is 19.9 Å². The molecule has 1 heterocycles. The van der Waals surface area contributed by atoms with Crippen molar-refractivity contribution in [2.24, 2.45) is 0 Å². The lowest BCUT2D eigenvalue weighted by Crippen LogP contribution is -2.49. The molecule has 1 rings (SSSR count). The number of hydrogen-bond acceptors (Lipinski definition) is 4. The second kappa shape index (κ2) is 6.24. The van der Waals surface area contributed by atoms with Crippen molar-refractivity contribution in [3.05, 3.63) is 12.7 Å². The predicted octanol–water partition coefficient (Wildman–Crippen LogP) is 0.922. The number of alkyl carbamates (subject to hydrolysis) is 1. The molecule has 0 aromatic heterocycles. The summed E-state index contributed by atoms with van der Waals surface area (Å²) in [5.74, 6) is -0.891. The predicted molar refractivity (Wildman–Crippen MR) is 59.7 cm³/mol. The molecule has 1 fully saturated rings. The maximum Gasteiger partial charge on any atom is 0.407 e. The SMILES string of the molecule is C=CCOC(=O)NC1(CCC(=O)O)CCOC1. The second-order valence-corrected chi connectivity index (χ2v) is 3.99. The molecular weight excluding hydrogens is 226 g/mol. The maximum absolute atomic E-state index is 11.4. The molecule has 0 spiro atoms. The summed E-state index contributed by atoms with van der Waals surface area (Å²) < 4.78 is 10.0. The second-order valence-electron chi connectivity index (χ2n) is 3.99. The summed E-state index contributed by atoms with van der Waals surface area (Å²) in [7, 11) is 0. The van der Waals surface area contributed by atoms with Gasteiger partial charge in [-0.15, -0.1) is 0 Å². The molecule has 0 radical (unpaired) electrons. The van der Waals surface area contributed by atoms with E-state index in [1.54, 1.807) is 0 Å². The minimum absolute atomic E-state index is 0.00883. The number of rotatable bonds is 6. The van der Waals surface area contributed by atoms with Crippen LogP contribution in [-0.4, -0.2) is 42.5 Å². The van der Waals surface area contributed by atoms with Gasteiger partial charge in [0.05, 0.1) is 12.1 Å². The van der Waals surface area contributed by atoms with Crippen molar-refractivity contribution in [3.63, 3.8) is 0 Å². The Balaban J connectivity index is 2.49. The quantitative estimate of drug-likeness (QED) is 0.678. The summed E-state index contributed by atoms with van der Waals surface area (Å²) >= 11 is 0. The highest BCUT2D eigenvalue weighted by Gasteiger charge is 2.37. The van der Waals surface area contributed by atoms with Crippen LogP contribution in [0.5, 0.6) is 0 Å². The number of carboxylic acid groups (broad SMARTS) is 1. The highest BCUT2D eigenvalue weighted by Crippen LogP contribution is 2.24. The molecule has 1 saturated heterocycles. The molecule has 17 heavy (non-hydrogen) atoms. The Morgan fingerprint density at radius 3 is 2.88 bits per heavy atom. The number of aliphatic carboxylic acids is 1. The van der Waals surface area contributed by atoms with Crippen molar-refractivity contribution in [1.29, 1.82) is 0 Å². The lowest BCUT2D eigenvalue weighted by Gasteiger charge is -2.27. The summed E-state index contributed by atoms with van der Waals surface area (Å²) in [5, 5.41) is 11.4. The van der Waals surface area contributed by atoms with Crippen LogP contribution in [0.15, 0.2) is 12.7 Å². The number of amides is 1. The average Bonchev–Trinajstić information content (AvgIpc) is 2.73. The van der Waals surface area contributed by atoms with Crippen LogP contribution in [0.4, 0.5) is 4.79 Å². The molecular formula is C11H17NO5. The number of ether oxygens (including phenoxy) is 2. The summed E-state index contributed by atoms with van der Waals surface area (Å²) in [5.41, 5.74) is -0.614. The van der Waals surface area contributed by atoms with Crippen molar-refractivity contribution >= 4 is 12.1 Å². The molecule has 1 atom stereocenters. The van der Waals surface area contributed by atoms with E-state index in [0.29, 0.717) is 26.1 Å². The van der Waals surface area contributed by atoms with Gasteiger partial charge in [-0.05, 0) is 12.8 Å². The van der Waals surface area contributed by atoms with Crippen LogP contribution in [0.25, 0.3) is 0 Å². The number of carboxylic acids is 1. The molecule has 96 valence electrons. The van der Waals surface area contributed by atoms with Crippen LogP contribution >= 0.6 is 0 Å². The Kier molecular flexibility index (Phi) is 4.96. The molecule has 6 heteroatoms. The standard InChI is InChI=1S/C11H17NO5/c1-2-6-17-10(15)12-11(4-3-9(13)14)5-7-16-8-11/h2H,1,3-8H2,(H,12,15)(H,13,14). The monoisotopic (exact) mass is 243 g/mol. The lowest BCUT2D eigenvalue weighted by atomic mass is 9.93. The Hall–Kier alpha value is -1.56. The first kappa shape index (κ1) is 13.5. The largest absolute Gasteiger partial charge is 0.481 e. The van der Waals surface area contributed by atoms with Crippen LogP contribution in [0.2, 0.25) is 0 Å². The van der Waals surface area contributed by atoms with Crippen molar-refractivity contribution in [1.82, 2.24) is 5.32 Å². The Bertz CT molecular complexity index is 296. The third-order valence-electron chi connectivity index (χ3n) is 2.62. The van der Waals surface area contributed by atoms with Crippen LogP contribution in [-0.2, 0) is 14.3 Å². The number of carbonyl (C=O) groups is 2. The Morgan fingerprint density at radius 1 is 1.59 bits per heavy atom. The molecule has 1 unspecified atom stereocenters. The summed E-state index contributed by atoms with van der Waals surface area (Å²) in [6.45, 7) is 4.40. The summed E-state index contributed by atoms with van der Waals surface area (Å²) in [4.78, 5) is 22.0. The molecule has 1 aliphatic rings. The molecule has 1 amide bonds. The van der Waals surface area contributed by atoms with E-state index in [1.807, 2.05) is 0 Å². The minimum atomic E-state index is -0.891. The number of nitrogens with one attached hydrogen (secondary N) is 1. The van der Waals surface area contributed by atoms with E-state index in [1.165, 1.54) is 6.08 Å². The minimum Gasteiger partial charge on any atom is -0.481 e. The van der Waals surface area contributed by atoms with Crippen molar-refractivity contribution < 1.29 is 24.2 Å². The van der Waals surface area contributed by atoms with Gasteiger partial charge in [-0.1, -0.05) is 12.7 Å². The van der Waals surface area contributed by atoms with Crippen LogP contribution in [0.1, 0.15) is 19.3 Å². The zero-order chi connectivity index (χ0) is 12.7. The van der Waals surface area contributed by atoms with Crippen LogP contribution < -0.4 is 5.32 Å². The van der Waals surface area contributed by atoms with Gasteiger partial charge in [-0.2, -0.15) is 0 Å². The van der Waals surface area contributed by atoms with Crippen molar-refractivity contribution in [2.75, 3.05) is 19.8 Å². The third-order valence-corrected chi connectivity index (χ3v) is 2.62. The normalized spacial score (nSPS) is 23.1. The van der Waals surface area contributed by atoms with E-state index in [-0.39, 0.29) is 13.0 Å². The number of carbonyl (C=O) groups excluding carboxylic acids is 1. The molecule has 2 N–H and O–H groups in total. The fourth-order valence-electron chi connectivity index (χ4n) is 1.70. The smallest absolute Gasteiger partial charge is 0.407 e. The highest BCUT2D eigenvalue weighted by atomic mass is 16.5. The van der Waals surface area contributed by atoms with Crippen LogP contribution in [0.3, 0.4) is 0 Å². The fraction of sp³-hybridized carbons (Fsp3) is 0.636. The van der Waals surface area contributed by atoms with Crippen molar-refractivity contribution in [2.45, 2.75) is 24.8 Å². The zero-order valence-electron chi connectivity index (χ0n) is 9.61. The van der Waals surface area contributed by atoms with Crippen LogP contribution in [0, 0.1) is 0 Å². The van der Waals surface area contributed by atoms with E-state index in [9.17, 15) is 9.59 Å². The first-order valence-electron chi connectivity index (χ1n) is 5.43. The zero-order valence-corrected chi connectivity index (χ0v) is 9.61. The first-order chi connectivity index (χ1) is 8.08. The molecule has 6 nitrogen and oxygen atoms in total. The molecule has 0 aromatic carbocycles. The van der Waals surface area contributed by atoms with E-state index in [0.717, 1.165) is 0 Å². The molecule has 0 aliphatic carbocycles. The van der Waals surface area contributed by atoms with Gasteiger partial charge in [0, 0.05) is 13.0 Å². The van der Waals surface area contributed by atoms with Gasteiger partial charge >= 0.3 is 12.1 Å². The van der Waals surface area contributed by atoms with Gasteiger partial charge in [0.2, 0.25) is 0 Å². The van der Waals surface area contributed by atoms with Gasteiger partial charge in [0.15, 0.2) is 0 Å². The number of hydrogen-bond donors (Lipinski definition) is 2. The van der Waals surface area contributed by atoms with Crippen molar-refractivity contribution in [3.8, 4) is 0 Å². The topological polar surface area (TPSA) is 84.9 Å². The van der Waals surface area contributed by atoms with E-state index in [4.69, 9.17) is 14.6 Å². The maximum atomic E-state index is 11.4. The van der Waals surface area contributed by atoms with Gasteiger partial charge in [0.1, 0.15) is 6.61 Å². The van der Waals surface area contributed by atoms with Gasteiger partial charge in [-0.3, -0.25) is 4.79 Å². The first-order valence-corrected chi connectivity index (χ1v) is 5.43. The Labute approximate surface area is 99.6 Å².